The lowest BCUT2D eigenvalue weighted by atomic mass is 9.83. The standard InChI is InChI=1S/C16H23FN2O.ClH/c1-11-7-12(9-18)10-19(11)15(20)16(2,3)13-5-4-6-14(17)8-13;/h4-6,8,11-12H,7,9-10,18H2,1-3H3;1H. The largest absolute Gasteiger partial charge is 0.339 e. The first-order valence-corrected chi connectivity index (χ1v) is 7.13. The fourth-order valence-corrected chi connectivity index (χ4v) is 2.96. The fraction of sp³-hybridized carbons (Fsp3) is 0.562. The summed E-state index contributed by atoms with van der Waals surface area (Å²) in [7, 11) is 0. The van der Waals surface area contributed by atoms with Gasteiger partial charge >= 0.3 is 0 Å². The van der Waals surface area contributed by atoms with Crippen molar-refractivity contribution in [1.82, 2.24) is 4.90 Å². The van der Waals surface area contributed by atoms with Gasteiger partial charge in [-0.3, -0.25) is 4.79 Å². The molecule has 1 aliphatic heterocycles. The molecular weight excluding hydrogens is 291 g/mol. The molecule has 0 aromatic heterocycles. The Morgan fingerprint density at radius 3 is 2.67 bits per heavy atom. The van der Waals surface area contributed by atoms with Gasteiger partial charge in [0.1, 0.15) is 5.82 Å². The van der Waals surface area contributed by atoms with Crippen molar-refractivity contribution in [2.24, 2.45) is 11.7 Å². The van der Waals surface area contributed by atoms with Crippen LogP contribution in [0.1, 0.15) is 32.8 Å². The molecule has 2 N–H and O–H groups in total. The van der Waals surface area contributed by atoms with Crippen LogP contribution in [-0.4, -0.2) is 29.9 Å². The first-order chi connectivity index (χ1) is 9.36. The molecule has 118 valence electrons. The number of rotatable bonds is 3. The number of nitrogens with two attached hydrogens (primary N) is 1. The quantitative estimate of drug-likeness (QED) is 0.932. The molecule has 0 saturated carbocycles. The number of carbonyl (C=O) groups excluding carboxylic acids is 1. The van der Waals surface area contributed by atoms with E-state index >= 15 is 0 Å². The molecule has 5 heteroatoms. The zero-order valence-electron chi connectivity index (χ0n) is 12.8. The van der Waals surface area contributed by atoms with Gasteiger partial charge in [0.15, 0.2) is 0 Å². The predicted molar refractivity (Wildman–Crippen MR) is 85.0 cm³/mol. The van der Waals surface area contributed by atoms with Crippen molar-refractivity contribution in [2.75, 3.05) is 13.1 Å². The van der Waals surface area contributed by atoms with E-state index in [0.717, 1.165) is 6.42 Å². The van der Waals surface area contributed by atoms with Crippen LogP contribution in [0.15, 0.2) is 24.3 Å². The lowest BCUT2D eigenvalue weighted by Crippen LogP contribution is -2.45. The average Bonchev–Trinajstić information content (AvgIpc) is 2.79. The minimum Gasteiger partial charge on any atom is -0.339 e. The highest BCUT2D eigenvalue weighted by molar-refractivity contribution is 5.87. The van der Waals surface area contributed by atoms with E-state index in [2.05, 4.69) is 6.92 Å². The molecule has 1 aromatic rings. The minimum absolute atomic E-state index is 0. The van der Waals surface area contributed by atoms with Gasteiger partial charge in [0.05, 0.1) is 5.41 Å². The van der Waals surface area contributed by atoms with Crippen LogP contribution in [0.2, 0.25) is 0 Å². The van der Waals surface area contributed by atoms with E-state index in [9.17, 15) is 9.18 Å². The van der Waals surface area contributed by atoms with Gasteiger partial charge in [-0.1, -0.05) is 12.1 Å². The molecule has 0 radical (unpaired) electrons. The third kappa shape index (κ3) is 3.55. The summed E-state index contributed by atoms with van der Waals surface area (Å²) in [6.07, 6.45) is 0.946. The number of hydrogen-bond donors (Lipinski definition) is 1. The van der Waals surface area contributed by atoms with Crippen LogP contribution < -0.4 is 5.73 Å². The summed E-state index contributed by atoms with van der Waals surface area (Å²) in [6.45, 7) is 7.07. The molecule has 1 aliphatic rings. The van der Waals surface area contributed by atoms with Gasteiger partial charge in [0, 0.05) is 12.6 Å². The van der Waals surface area contributed by atoms with Gasteiger partial charge < -0.3 is 10.6 Å². The second kappa shape index (κ2) is 6.75. The van der Waals surface area contributed by atoms with Gasteiger partial charge in [0.25, 0.3) is 0 Å². The zero-order chi connectivity index (χ0) is 14.9. The van der Waals surface area contributed by atoms with Crippen molar-refractivity contribution in [3.63, 3.8) is 0 Å². The van der Waals surface area contributed by atoms with E-state index in [0.29, 0.717) is 24.6 Å². The summed E-state index contributed by atoms with van der Waals surface area (Å²) in [5.41, 5.74) is 5.70. The highest BCUT2D eigenvalue weighted by Crippen LogP contribution is 2.31. The Morgan fingerprint density at radius 1 is 1.48 bits per heavy atom. The van der Waals surface area contributed by atoms with Crippen LogP contribution in [0.4, 0.5) is 4.39 Å². The molecule has 0 spiro atoms. The smallest absolute Gasteiger partial charge is 0.232 e. The Morgan fingerprint density at radius 2 is 2.14 bits per heavy atom. The van der Waals surface area contributed by atoms with Gasteiger partial charge in [-0.05, 0) is 57.4 Å². The molecule has 0 bridgehead atoms. The van der Waals surface area contributed by atoms with Crippen LogP contribution in [0.5, 0.6) is 0 Å². The molecule has 3 nitrogen and oxygen atoms in total. The maximum Gasteiger partial charge on any atom is 0.232 e. The molecule has 1 heterocycles. The molecule has 21 heavy (non-hydrogen) atoms. The number of benzene rings is 1. The maximum atomic E-state index is 13.4. The monoisotopic (exact) mass is 314 g/mol. The third-order valence-corrected chi connectivity index (χ3v) is 4.34. The molecule has 0 aliphatic carbocycles. The van der Waals surface area contributed by atoms with E-state index in [1.807, 2.05) is 24.8 Å². The van der Waals surface area contributed by atoms with Crippen molar-refractivity contribution in [1.29, 1.82) is 0 Å². The highest BCUT2D eigenvalue weighted by atomic mass is 35.5. The second-order valence-corrected chi connectivity index (χ2v) is 6.28. The van der Waals surface area contributed by atoms with E-state index in [4.69, 9.17) is 5.73 Å². The van der Waals surface area contributed by atoms with Crippen molar-refractivity contribution >= 4 is 18.3 Å². The summed E-state index contributed by atoms with van der Waals surface area (Å²) in [6, 6.07) is 6.49. The average molecular weight is 315 g/mol. The number of likely N-dealkylation sites (tertiary alicyclic amines) is 1. The van der Waals surface area contributed by atoms with Crippen molar-refractivity contribution in [3.05, 3.63) is 35.6 Å². The second-order valence-electron chi connectivity index (χ2n) is 6.28. The van der Waals surface area contributed by atoms with Gasteiger partial charge in [-0.2, -0.15) is 0 Å². The highest BCUT2D eigenvalue weighted by Gasteiger charge is 2.40. The molecule has 1 saturated heterocycles. The van der Waals surface area contributed by atoms with Gasteiger partial charge in [-0.25, -0.2) is 4.39 Å². The molecular formula is C16H24ClFN2O. The maximum absolute atomic E-state index is 13.4. The summed E-state index contributed by atoms with van der Waals surface area (Å²) >= 11 is 0. The normalized spacial score (nSPS) is 22.0. The van der Waals surface area contributed by atoms with E-state index in [-0.39, 0.29) is 30.2 Å². The zero-order valence-corrected chi connectivity index (χ0v) is 13.6. The van der Waals surface area contributed by atoms with Crippen LogP contribution in [-0.2, 0) is 10.2 Å². The molecule has 2 rings (SSSR count). The number of hydrogen-bond acceptors (Lipinski definition) is 2. The van der Waals surface area contributed by atoms with Gasteiger partial charge in [-0.15, -0.1) is 12.4 Å². The first-order valence-electron chi connectivity index (χ1n) is 7.13. The number of amides is 1. The first kappa shape index (κ1) is 17.9. The topological polar surface area (TPSA) is 46.3 Å². The molecule has 1 aromatic carbocycles. The third-order valence-electron chi connectivity index (χ3n) is 4.34. The summed E-state index contributed by atoms with van der Waals surface area (Å²) < 4.78 is 13.4. The lowest BCUT2D eigenvalue weighted by Gasteiger charge is -2.32. The van der Waals surface area contributed by atoms with E-state index in [1.165, 1.54) is 12.1 Å². The van der Waals surface area contributed by atoms with Crippen molar-refractivity contribution in [2.45, 2.75) is 38.6 Å². The fourth-order valence-electron chi connectivity index (χ4n) is 2.96. The van der Waals surface area contributed by atoms with Crippen LogP contribution in [0.25, 0.3) is 0 Å². The van der Waals surface area contributed by atoms with Crippen LogP contribution in [0.3, 0.4) is 0 Å². The Balaban J connectivity index is 0.00000220. The lowest BCUT2D eigenvalue weighted by molar-refractivity contribution is -0.136. The van der Waals surface area contributed by atoms with E-state index < -0.39 is 5.41 Å². The Labute approximate surface area is 132 Å². The predicted octanol–water partition coefficient (Wildman–Crippen LogP) is 2.72. The summed E-state index contributed by atoms with van der Waals surface area (Å²) in [5, 5.41) is 0. The minimum atomic E-state index is -0.722. The Bertz CT molecular complexity index is 507. The number of carbonyl (C=O) groups is 1. The van der Waals surface area contributed by atoms with Crippen molar-refractivity contribution in [3.8, 4) is 0 Å². The number of nitrogens with zero attached hydrogens (tertiary/aromatic N) is 1. The summed E-state index contributed by atoms with van der Waals surface area (Å²) in [4.78, 5) is 14.7. The summed E-state index contributed by atoms with van der Waals surface area (Å²) in [5.74, 6) is 0.112. The Kier molecular flexibility index (Phi) is 5.76. The number of halogens is 2. The molecule has 2 atom stereocenters. The molecule has 1 amide bonds. The SMILES string of the molecule is CC1CC(CN)CN1C(=O)C(C)(C)c1cccc(F)c1.Cl. The molecule has 1 fully saturated rings. The van der Waals surface area contributed by atoms with Crippen LogP contribution >= 0.6 is 12.4 Å². The van der Waals surface area contributed by atoms with Gasteiger partial charge in [0.2, 0.25) is 5.91 Å². The van der Waals surface area contributed by atoms with Crippen molar-refractivity contribution < 1.29 is 9.18 Å². The van der Waals surface area contributed by atoms with Crippen LogP contribution in [0, 0.1) is 11.7 Å². The molecule has 2 unspecified atom stereocenters. The van der Waals surface area contributed by atoms with E-state index in [1.54, 1.807) is 6.07 Å². The Hall–Kier alpha value is -1.13.